The Balaban J connectivity index is 1.62. The zero-order chi connectivity index (χ0) is 27.2. The highest BCUT2D eigenvalue weighted by molar-refractivity contribution is 5.88. The van der Waals surface area contributed by atoms with Crippen molar-refractivity contribution < 1.29 is 0 Å². The molecule has 2 heterocycles. The molecule has 0 radical (unpaired) electrons. The summed E-state index contributed by atoms with van der Waals surface area (Å²) in [5.74, 6) is 0. The largest absolute Gasteiger partial charge is 0.361 e. The monoisotopic (exact) mass is 508 g/mol. The smallest absolute Gasteiger partial charge is 0.0966 e. The van der Waals surface area contributed by atoms with Gasteiger partial charge in [-0.25, -0.2) is 0 Å². The average molecular weight is 509 g/mol. The van der Waals surface area contributed by atoms with Crippen LogP contribution in [0, 0.1) is 18.3 Å². The molecule has 38 heavy (non-hydrogen) atoms. The number of benzene rings is 1. The van der Waals surface area contributed by atoms with E-state index in [1.807, 2.05) is 38.5 Å². The maximum absolute atomic E-state index is 9.73. The van der Waals surface area contributed by atoms with E-state index in [4.69, 9.17) is 0 Å². The Labute approximate surface area is 229 Å². The number of unbranched alkanes of at least 4 members (excludes halogenated alkanes) is 8. The minimum atomic E-state index is 0.647. The van der Waals surface area contributed by atoms with Crippen molar-refractivity contribution in [1.82, 2.24) is 9.97 Å². The topological polar surface area (TPSA) is 64.5 Å². The summed E-state index contributed by atoms with van der Waals surface area (Å²) in [5, 5.41) is 14.5. The van der Waals surface area contributed by atoms with Gasteiger partial charge >= 0.3 is 0 Å². The third kappa shape index (κ3) is 8.48. The van der Waals surface area contributed by atoms with Gasteiger partial charge in [0.15, 0.2) is 0 Å². The molecular formula is C34H44N4. The van der Waals surface area contributed by atoms with Crippen molar-refractivity contribution in [2.24, 2.45) is 0 Å². The van der Waals surface area contributed by atoms with Crippen LogP contribution >= 0.6 is 0 Å². The Kier molecular flexibility index (Phi) is 11.9. The first kappa shape index (κ1) is 29.0. The zero-order valence-electron chi connectivity index (χ0n) is 23.7. The summed E-state index contributed by atoms with van der Waals surface area (Å²) in [6.45, 7) is 8.24. The van der Waals surface area contributed by atoms with Crippen LogP contribution in [0.4, 0.5) is 5.69 Å². The van der Waals surface area contributed by atoms with Crippen LogP contribution in [0.3, 0.4) is 0 Å². The van der Waals surface area contributed by atoms with E-state index in [0.29, 0.717) is 5.57 Å². The van der Waals surface area contributed by atoms with Gasteiger partial charge in [-0.3, -0.25) is 4.98 Å². The lowest BCUT2D eigenvalue weighted by atomic mass is 10.0. The Morgan fingerprint density at radius 3 is 2.47 bits per heavy atom. The van der Waals surface area contributed by atoms with Gasteiger partial charge in [0.05, 0.1) is 17.3 Å². The maximum atomic E-state index is 9.73. The van der Waals surface area contributed by atoms with E-state index in [0.717, 1.165) is 40.0 Å². The number of pyridine rings is 1. The number of aromatic amines is 1. The van der Waals surface area contributed by atoms with Crippen molar-refractivity contribution in [3.05, 3.63) is 88.5 Å². The number of hydrogen-bond acceptors (Lipinski definition) is 3. The van der Waals surface area contributed by atoms with E-state index in [9.17, 15) is 5.26 Å². The summed E-state index contributed by atoms with van der Waals surface area (Å²) in [6.07, 6.45) is 25.2. The van der Waals surface area contributed by atoms with Crippen LogP contribution < -0.4 is 5.32 Å². The van der Waals surface area contributed by atoms with Crippen LogP contribution in [0.5, 0.6) is 0 Å². The molecule has 0 saturated heterocycles. The van der Waals surface area contributed by atoms with Gasteiger partial charge in [0, 0.05) is 35.2 Å². The summed E-state index contributed by atoms with van der Waals surface area (Å²) >= 11 is 0. The molecule has 4 nitrogen and oxygen atoms in total. The molecule has 0 amide bonds. The first-order valence-corrected chi connectivity index (χ1v) is 14.3. The van der Waals surface area contributed by atoms with Gasteiger partial charge in [-0.15, -0.1) is 0 Å². The van der Waals surface area contributed by atoms with Crippen molar-refractivity contribution in [1.29, 1.82) is 5.26 Å². The van der Waals surface area contributed by atoms with E-state index in [-0.39, 0.29) is 0 Å². The first-order valence-electron chi connectivity index (χ1n) is 14.3. The van der Waals surface area contributed by atoms with Crippen LogP contribution in [0.2, 0.25) is 0 Å². The third-order valence-electron chi connectivity index (χ3n) is 7.25. The summed E-state index contributed by atoms with van der Waals surface area (Å²) in [6, 6.07) is 10.8. The Morgan fingerprint density at radius 1 is 1.03 bits per heavy atom. The average Bonchev–Trinajstić information content (AvgIpc) is 3.42. The number of nitriles is 1. The Hall–Kier alpha value is -3.58. The quantitative estimate of drug-likeness (QED) is 0.122. The first-order chi connectivity index (χ1) is 18.6. The van der Waals surface area contributed by atoms with E-state index in [1.165, 1.54) is 68.7 Å². The number of allylic oxidation sites excluding steroid dienone is 3. The molecule has 0 aliphatic heterocycles. The Bertz CT molecular complexity index is 1300. The van der Waals surface area contributed by atoms with Crippen LogP contribution in [0.1, 0.15) is 95.2 Å². The lowest BCUT2D eigenvalue weighted by Crippen LogP contribution is -2.06. The van der Waals surface area contributed by atoms with Crippen molar-refractivity contribution in [2.75, 3.05) is 5.32 Å². The second kappa shape index (κ2) is 15.6. The zero-order valence-corrected chi connectivity index (χ0v) is 23.7. The number of nitrogens with zero attached hydrogens (tertiary/aromatic N) is 2. The second-order valence-electron chi connectivity index (χ2n) is 10.2. The van der Waals surface area contributed by atoms with Gasteiger partial charge in [-0.1, -0.05) is 76.5 Å². The van der Waals surface area contributed by atoms with Crippen LogP contribution in [0.25, 0.3) is 17.0 Å². The maximum Gasteiger partial charge on any atom is 0.0966 e. The van der Waals surface area contributed by atoms with Gasteiger partial charge in [0.2, 0.25) is 0 Å². The summed E-state index contributed by atoms with van der Waals surface area (Å²) in [5.41, 5.74) is 8.07. The van der Waals surface area contributed by atoms with E-state index in [2.05, 4.69) is 71.6 Å². The molecule has 0 unspecified atom stereocenters. The lowest BCUT2D eigenvalue weighted by Gasteiger charge is -2.16. The number of aryl methyl sites for hydroxylation is 2. The molecule has 4 heteroatoms. The molecule has 3 rings (SSSR count). The number of aromatic nitrogens is 2. The fourth-order valence-corrected chi connectivity index (χ4v) is 4.88. The van der Waals surface area contributed by atoms with Crippen LogP contribution in [-0.4, -0.2) is 9.97 Å². The van der Waals surface area contributed by atoms with Crippen molar-refractivity contribution in [3.8, 4) is 6.07 Å². The minimum Gasteiger partial charge on any atom is -0.361 e. The molecule has 0 aliphatic carbocycles. The van der Waals surface area contributed by atoms with Gasteiger partial charge in [0.25, 0.3) is 0 Å². The van der Waals surface area contributed by atoms with Crippen LogP contribution in [0.15, 0.2) is 71.9 Å². The molecular weight excluding hydrogens is 464 g/mol. The molecule has 0 bridgehead atoms. The van der Waals surface area contributed by atoms with Crippen molar-refractivity contribution in [2.45, 2.75) is 91.9 Å². The highest BCUT2D eigenvalue weighted by Gasteiger charge is 2.11. The number of anilines is 1. The highest BCUT2D eigenvalue weighted by Crippen LogP contribution is 2.28. The number of hydrogen-bond donors (Lipinski definition) is 2. The number of H-pyrrole nitrogens is 1. The summed E-state index contributed by atoms with van der Waals surface area (Å²) in [4.78, 5) is 7.75. The second-order valence-corrected chi connectivity index (χ2v) is 10.2. The molecule has 3 aromatic rings. The molecule has 0 fully saturated rings. The normalized spacial score (nSPS) is 12.7. The fraction of sp³-hybridized carbons (Fsp3) is 0.412. The molecule has 1 aromatic carbocycles. The molecule has 0 atom stereocenters. The SMILES string of the molecule is C/C=C(/C=C/c1cncc(CCCCCCCCCCC)c1)C(\Nc1ccc2[nH]ccc2c1C)=C(/C)C#N. The number of nitrogens with one attached hydrogen (secondary N) is 2. The van der Waals surface area contributed by atoms with E-state index < -0.39 is 0 Å². The molecule has 200 valence electrons. The number of fused-ring (bicyclic) bond motifs is 1. The van der Waals surface area contributed by atoms with Gasteiger partial charge in [0.1, 0.15) is 0 Å². The molecule has 2 N–H and O–H groups in total. The fourth-order valence-electron chi connectivity index (χ4n) is 4.88. The van der Waals surface area contributed by atoms with Crippen molar-refractivity contribution in [3.63, 3.8) is 0 Å². The van der Waals surface area contributed by atoms with Crippen LogP contribution in [-0.2, 0) is 6.42 Å². The van der Waals surface area contributed by atoms with Crippen molar-refractivity contribution >= 4 is 22.7 Å². The minimum absolute atomic E-state index is 0.647. The predicted octanol–water partition coefficient (Wildman–Crippen LogP) is 9.81. The molecule has 0 aliphatic rings. The number of rotatable bonds is 15. The van der Waals surface area contributed by atoms with E-state index in [1.54, 1.807) is 0 Å². The Morgan fingerprint density at radius 2 is 1.76 bits per heavy atom. The molecule has 0 saturated carbocycles. The summed E-state index contributed by atoms with van der Waals surface area (Å²) < 4.78 is 0. The van der Waals surface area contributed by atoms with E-state index >= 15 is 0 Å². The third-order valence-corrected chi connectivity index (χ3v) is 7.25. The van der Waals surface area contributed by atoms with Gasteiger partial charge < -0.3 is 10.3 Å². The summed E-state index contributed by atoms with van der Waals surface area (Å²) in [7, 11) is 0. The van der Waals surface area contributed by atoms with Gasteiger partial charge in [-0.05, 0) is 80.1 Å². The molecule has 2 aromatic heterocycles. The molecule has 0 spiro atoms. The lowest BCUT2D eigenvalue weighted by molar-refractivity contribution is 0.564. The van der Waals surface area contributed by atoms with Gasteiger partial charge in [-0.2, -0.15) is 5.26 Å². The predicted molar refractivity (Wildman–Crippen MR) is 163 cm³/mol. The highest BCUT2D eigenvalue weighted by atomic mass is 14.9. The standard InChI is InChI=1S/C34H44N4/c1-5-7-8-9-10-11-12-13-14-15-28-22-29(25-36-24-28)16-17-30(6-2)34(26(3)23-35)38-32-18-19-33-31(27(32)4)20-21-37-33/h6,16-22,24-25,37-38H,5,7-15H2,1-4H3/b17-16+,30-6-,34-26-.